The SMILES string of the molecule is c1nc(N2CCOCC2)cc(N2CCCC(NC3CCC4(CC3)CC4)C2)n1. The molecule has 4 aliphatic rings. The smallest absolute Gasteiger partial charge is 0.134 e. The Morgan fingerprint density at radius 2 is 1.63 bits per heavy atom. The summed E-state index contributed by atoms with van der Waals surface area (Å²) in [6.07, 6.45) is 12.9. The molecule has 3 heterocycles. The first-order chi connectivity index (χ1) is 13.3. The maximum absolute atomic E-state index is 5.47. The number of rotatable bonds is 4. The largest absolute Gasteiger partial charge is 0.378 e. The van der Waals surface area contributed by atoms with Gasteiger partial charge in [0.15, 0.2) is 0 Å². The number of hydrogen-bond donors (Lipinski definition) is 1. The summed E-state index contributed by atoms with van der Waals surface area (Å²) in [6.45, 7) is 5.59. The van der Waals surface area contributed by atoms with Crippen molar-refractivity contribution in [2.24, 2.45) is 5.41 Å². The summed E-state index contributed by atoms with van der Waals surface area (Å²) in [5.74, 6) is 2.12. The van der Waals surface area contributed by atoms with E-state index in [1.807, 2.05) is 0 Å². The van der Waals surface area contributed by atoms with Crippen molar-refractivity contribution in [2.45, 2.75) is 63.5 Å². The molecule has 2 aliphatic carbocycles. The summed E-state index contributed by atoms with van der Waals surface area (Å²) in [7, 11) is 0. The van der Waals surface area contributed by atoms with Crippen LogP contribution in [0, 0.1) is 5.41 Å². The Hall–Kier alpha value is -1.40. The number of ether oxygens (including phenoxy) is 1. The van der Waals surface area contributed by atoms with Gasteiger partial charge < -0.3 is 19.9 Å². The monoisotopic (exact) mass is 371 g/mol. The topological polar surface area (TPSA) is 53.5 Å². The molecule has 2 saturated heterocycles. The predicted octanol–water partition coefficient (Wildman–Crippen LogP) is 2.59. The minimum Gasteiger partial charge on any atom is -0.378 e. The molecule has 2 aliphatic heterocycles. The van der Waals surface area contributed by atoms with E-state index in [0.717, 1.165) is 62.5 Å². The van der Waals surface area contributed by atoms with Gasteiger partial charge in [0.05, 0.1) is 13.2 Å². The lowest BCUT2D eigenvalue weighted by atomic mass is 9.83. The Labute approximate surface area is 162 Å². The van der Waals surface area contributed by atoms with E-state index in [-0.39, 0.29) is 0 Å². The van der Waals surface area contributed by atoms with Crippen molar-refractivity contribution in [1.29, 1.82) is 0 Å². The molecule has 1 N–H and O–H groups in total. The second-order valence-corrected chi connectivity index (χ2v) is 9.06. The first kappa shape index (κ1) is 17.7. The van der Waals surface area contributed by atoms with Gasteiger partial charge in [0.2, 0.25) is 0 Å². The van der Waals surface area contributed by atoms with Crippen molar-refractivity contribution in [3.05, 3.63) is 12.4 Å². The molecule has 5 rings (SSSR count). The fraction of sp³-hybridized carbons (Fsp3) is 0.810. The zero-order valence-corrected chi connectivity index (χ0v) is 16.4. The predicted molar refractivity (Wildman–Crippen MR) is 107 cm³/mol. The fourth-order valence-electron chi connectivity index (χ4n) is 5.20. The van der Waals surface area contributed by atoms with Gasteiger partial charge in [-0.1, -0.05) is 0 Å². The third kappa shape index (κ3) is 4.06. The highest BCUT2D eigenvalue weighted by Gasteiger charge is 2.44. The molecule has 27 heavy (non-hydrogen) atoms. The van der Waals surface area contributed by atoms with Gasteiger partial charge in [-0.05, 0) is 56.8 Å². The van der Waals surface area contributed by atoms with Crippen LogP contribution in [0.4, 0.5) is 11.6 Å². The number of piperidine rings is 1. The van der Waals surface area contributed by atoms with E-state index in [9.17, 15) is 0 Å². The average Bonchev–Trinajstić information content (AvgIpc) is 3.50. The highest BCUT2D eigenvalue weighted by Crippen LogP contribution is 2.56. The van der Waals surface area contributed by atoms with E-state index in [1.165, 1.54) is 51.4 Å². The molecule has 6 nitrogen and oxygen atoms in total. The average molecular weight is 372 g/mol. The quantitative estimate of drug-likeness (QED) is 0.878. The molecule has 1 atom stereocenters. The van der Waals surface area contributed by atoms with Crippen LogP contribution < -0.4 is 15.1 Å². The molecular formula is C21H33N5O. The van der Waals surface area contributed by atoms with Crippen molar-refractivity contribution < 1.29 is 4.74 Å². The van der Waals surface area contributed by atoms with Crippen LogP contribution in [0.1, 0.15) is 51.4 Å². The molecule has 0 radical (unpaired) electrons. The molecule has 148 valence electrons. The minimum atomic E-state index is 0.596. The number of aromatic nitrogens is 2. The lowest BCUT2D eigenvalue weighted by molar-refractivity contribution is 0.122. The molecule has 2 saturated carbocycles. The maximum Gasteiger partial charge on any atom is 0.134 e. The minimum absolute atomic E-state index is 0.596. The molecule has 4 fully saturated rings. The van der Waals surface area contributed by atoms with Gasteiger partial charge in [-0.3, -0.25) is 0 Å². The molecule has 0 aromatic carbocycles. The zero-order valence-electron chi connectivity index (χ0n) is 16.4. The lowest BCUT2D eigenvalue weighted by Gasteiger charge is -2.38. The van der Waals surface area contributed by atoms with Crippen LogP contribution in [-0.2, 0) is 4.74 Å². The van der Waals surface area contributed by atoms with Crippen molar-refractivity contribution in [3.63, 3.8) is 0 Å². The van der Waals surface area contributed by atoms with Gasteiger partial charge in [-0.2, -0.15) is 0 Å². The number of morpholine rings is 1. The van der Waals surface area contributed by atoms with E-state index in [2.05, 4.69) is 31.2 Å². The van der Waals surface area contributed by atoms with E-state index < -0.39 is 0 Å². The number of anilines is 2. The van der Waals surface area contributed by atoms with Crippen molar-refractivity contribution in [3.8, 4) is 0 Å². The number of nitrogens with zero attached hydrogens (tertiary/aromatic N) is 4. The molecule has 6 heteroatoms. The van der Waals surface area contributed by atoms with E-state index in [1.54, 1.807) is 6.33 Å². The summed E-state index contributed by atoms with van der Waals surface area (Å²) >= 11 is 0. The van der Waals surface area contributed by atoms with Gasteiger partial charge >= 0.3 is 0 Å². The number of nitrogens with one attached hydrogen (secondary N) is 1. The molecule has 1 spiro atoms. The van der Waals surface area contributed by atoms with Crippen LogP contribution in [0.2, 0.25) is 0 Å². The third-order valence-corrected chi connectivity index (χ3v) is 7.19. The molecule has 0 bridgehead atoms. The maximum atomic E-state index is 5.47. The van der Waals surface area contributed by atoms with Crippen molar-refractivity contribution in [2.75, 3.05) is 49.2 Å². The molecule has 1 aromatic rings. The summed E-state index contributed by atoms with van der Waals surface area (Å²) < 4.78 is 5.47. The summed E-state index contributed by atoms with van der Waals surface area (Å²) in [5.41, 5.74) is 0.785. The molecule has 1 aromatic heterocycles. The second-order valence-electron chi connectivity index (χ2n) is 9.06. The first-order valence-electron chi connectivity index (χ1n) is 11.0. The highest BCUT2D eigenvalue weighted by molar-refractivity contribution is 5.50. The Kier molecular flexibility index (Phi) is 4.94. The lowest BCUT2D eigenvalue weighted by Crippen LogP contribution is -2.50. The second kappa shape index (κ2) is 7.55. The normalized spacial score (nSPS) is 28.5. The summed E-state index contributed by atoms with van der Waals surface area (Å²) in [4.78, 5) is 13.9. The number of hydrogen-bond acceptors (Lipinski definition) is 6. The van der Waals surface area contributed by atoms with Gasteiger partial charge in [-0.25, -0.2) is 9.97 Å². The Morgan fingerprint density at radius 3 is 2.37 bits per heavy atom. The first-order valence-corrected chi connectivity index (χ1v) is 11.0. The summed E-state index contributed by atoms with van der Waals surface area (Å²) in [6, 6.07) is 3.50. The van der Waals surface area contributed by atoms with Gasteiger partial charge in [0.25, 0.3) is 0 Å². The fourth-order valence-corrected chi connectivity index (χ4v) is 5.20. The Balaban J connectivity index is 1.19. The van der Waals surface area contributed by atoms with Crippen LogP contribution in [0.3, 0.4) is 0 Å². The van der Waals surface area contributed by atoms with E-state index in [4.69, 9.17) is 4.74 Å². The highest BCUT2D eigenvalue weighted by atomic mass is 16.5. The molecular weight excluding hydrogens is 338 g/mol. The van der Waals surface area contributed by atoms with Crippen LogP contribution in [0.25, 0.3) is 0 Å². The Morgan fingerprint density at radius 1 is 0.889 bits per heavy atom. The third-order valence-electron chi connectivity index (χ3n) is 7.19. The van der Waals surface area contributed by atoms with Crippen LogP contribution in [0.5, 0.6) is 0 Å². The van der Waals surface area contributed by atoms with Crippen LogP contribution in [0.15, 0.2) is 12.4 Å². The van der Waals surface area contributed by atoms with Crippen molar-refractivity contribution in [1.82, 2.24) is 15.3 Å². The van der Waals surface area contributed by atoms with Gasteiger partial charge in [0.1, 0.15) is 18.0 Å². The standard InChI is InChI=1S/C21H33N5O/c1-2-18(24-17-3-5-21(6-4-17)7-8-21)15-26(9-1)20-14-19(22-16-23-20)25-10-12-27-13-11-25/h14,16-18,24H,1-13,15H2. The van der Waals surface area contributed by atoms with Gasteiger partial charge in [0, 0.05) is 44.3 Å². The Bertz CT molecular complexity index is 633. The van der Waals surface area contributed by atoms with Crippen molar-refractivity contribution >= 4 is 11.6 Å². The van der Waals surface area contributed by atoms with Crippen LogP contribution in [-0.4, -0.2) is 61.4 Å². The van der Waals surface area contributed by atoms with Gasteiger partial charge in [-0.15, -0.1) is 0 Å². The molecule has 0 amide bonds. The van der Waals surface area contributed by atoms with E-state index in [0.29, 0.717) is 6.04 Å². The zero-order chi connectivity index (χ0) is 18.1. The van der Waals surface area contributed by atoms with E-state index >= 15 is 0 Å². The summed E-state index contributed by atoms with van der Waals surface area (Å²) in [5, 5.41) is 3.99. The molecule has 1 unspecified atom stereocenters. The van der Waals surface area contributed by atoms with Crippen LogP contribution >= 0.6 is 0 Å².